The number of halogens is 3. The molecule has 1 fully saturated rings. The maximum Gasteiger partial charge on any atom is 0.305 e. The molecule has 3 rings (SSSR count). The molecule has 1 amide bonds. The van der Waals surface area contributed by atoms with Crippen molar-refractivity contribution >= 4 is 85.4 Å². The molecule has 0 atom stereocenters. The average Bonchev–Trinajstić information content (AvgIpc) is 2.99. The van der Waals surface area contributed by atoms with E-state index in [9.17, 15) is 9.59 Å². The fourth-order valence-electron chi connectivity index (χ4n) is 2.80. The Morgan fingerprint density at radius 3 is 2.72 bits per heavy atom. The smallest absolute Gasteiger partial charge is 0.305 e. The molecule has 1 N–H and O–H groups in total. The number of carbonyl (C=O) groups is 2. The van der Waals surface area contributed by atoms with Gasteiger partial charge >= 0.3 is 5.97 Å². The molecule has 0 saturated carbocycles. The Balaban J connectivity index is 1.81. The molecular weight excluding hydrogens is 561 g/mol. The lowest BCUT2D eigenvalue weighted by Gasteiger charge is -2.14. The number of aliphatic carboxylic acids is 1. The molecule has 0 radical (unpaired) electrons. The summed E-state index contributed by atoms with van der Waals surface area (Å²) >= 11 is 22.0. The van der Waals surface area contributed by atoms with Crippen LogP contribution in [0.5, 0.6) is 11.5 Å². The molecule has 0 bridgehead atoms. The predicted octanol–water partition coefficient (Wildman–Crippen LogP) is 6.02. The number of nitrogens with zero attached hydrogens (tertiary/aromatic N) is 1. The summed E-state index contributed by atoms with van der Waals surface area (Å²) < 4.78 is 12.3. The highest BCUT2D eigenvalue weighted by atomic mass is 79.9. The number of carboxylic acid groups (broad SMARTS) is 1. The summed E-state index contributed by atoms with van der Waals surface area (Å²) in [7, 11) is 1.51. The first-order valence-electron chi connectivity index (χ1n) is 9.11. The van der Waals surface area contributed by atoms with Crippen LogP contribution in [0.3, 0.4) is 0 Å². The van der Waals surface area contributed by atoms with Gasteiger partial charge in [0.25, 0.3) is 5.91 Å². The molecule has 2 aromatic carbocycles. The number of carbonyl (C=O) groups excluding carboxylic acids is 1. The first-order chi connectivity index (χ1) is 15.2. The number of amides is 1. The fraction of sp³-hybridized carbons (Fsp3) is 0.190. The van der Waals surface area contributed by atoms with Gasteiger partial charge in [0.15, 0.2) is 11.5 Å². The van der Waals surface area contributed by atoms with E-state index in [0.717, 1.165) is 17.3 Å². The van der Waals surface area contributed by atoms with Crippen molar-refractivity contribution in [2.45, 2.75) is 13.0 Å². The van der Waals surface area contributed by atoms with Crippen LogP contribution in [0.1, 0.15) is 17.5 Å². The summed E-state index contributed by atoms with van der Waals surface area (Å²) in [6, 6.07) is 8.67. The van der Waals surface area contributed by atoms with Crippen molar-refractivity contribution < 1.29 is 24.2 Å². The molecule has 11 heteroatoms. The molecular formula is C21H16BrCl2NO5S2. The fourth-order valence-corrected chi connectivity index (χ4v) is 5.15. The molecule has 1 saturated heterocycles. The van der Waals surface area contributed by atoms with Crippen LogP contribution in [-0.2, 0) is 16.2 Å². The monoisotopic (exact) mass is 575 g/mol. The van der Waals surface area contributed by atoms with Gasteiger partial charge in [0, 0.05) is 22.2 Å². The van der Waals surface area contributed by atoms with Crippen molar-refractivity contribution in [3.05, 3.63) is 60.9 Å². The van der Waals surface area contributed by atoms with Crippen LogP contribution in [0.25, 0.3) is 6.08 Å². The van der Waals surface area contributed by atoms with Gasteiger partial charge in [0.1, 0.15) is 10.9 Å². The van der Waals surface area contributed by atoms with Crippen molar-refractivity contribution in [2.75, 3.05) is 13.7 Å². The molecule has 6 nitrogen and oxygen atoms in total. The van der Waals surface area contributed by atoms with Crippen molar-refractivity contribution in [3.63, 3.8) is 0 Å². The van der Waals surface area contributed by atoms with Crippen molar-refractivity contribution in [1.29, 1.82) is 0 Å². The summed E-state index contributed by atoms with van der Waals surface area (Å²) in [5.41, 5.74) is 1.45. The van der Waals surface area contributed by atoms with E-state index in [4.69, 9.17) is 50.0 Å². The van der Waals surface area contributed by atoms with Crippen LogP contribution in [0.4, 0.5) is 0 Å². The Morgan fingerprint density at radius 2 is 2.06 bits per heavy atom. The molecule has 168 valence electrons. The molecule has 2 aromatic rings. The van der Waals surface area contributed by atoms with E-state index in [0.29, 0.717) is 40.8 Å². The zero-order valence-electron chi connectivity index (χ0n) is 16.6. The van der Waals surface area contributed by atoms with Gasteiger partial charge in [0.2, 0.25) is 0 Å². The number of hydrogen-bond acceptors (Lipinski definition) is 6. The second-order valence-electron chi connectivity index (χ2n) is 6.54. The van der Waals surface area contributed by atoms with Crippen molar-refractivity contribution in [2.24, 2.45) is 0 Å². The summed E-state index contributed by atoms with van der Waals surface area (Å²) in [5, 5.41) is 9.89. The van der Waals surface area contributed by atoms with E-state index in [-0.39, 0.29) is 25.5 Å². The lowest BCUT2D eigenvalue weighted by atomic mass is 10.1. The summed E-state index contributed by atoms with van der Waals surface area (Å²) in [5.74, 6) is -0.386. The van der Waals surface area contributed by atoms with Gasteiger partial charge in [-0.15, -0.1) is 0 Å². The van der Waals surface area contributed by atoms with Crippen LogP contribution in [0.2, 0.25) is 10.0 Å². The van der Waals surface area contributed by atoms with Crippen molar-refractivity contribution in [3.8, 4) is 11.5 Å². The van der Waals surface area contributed by atoms with E-state index in [1.165, 1.54) is 12.0 Å². The van der Waals surface area contributed by atoms with Gasteiger partial charge in [-0.25, -0.2) is 0 Å². The average molecular weight is 577 g/mol. The second kappa shape index (κ2) is 10.9. The van der Waals surface area contributed by atoms with Crippen LogP contribution in [0, 0.1) is 0 Å². The third-order valence-electron chi connectivity index (χ3n) is 4.36. The minimum atomic E-state index is -0.993. The first kappa shape index (κ1) is 24.9. The highest BCUT2D eigenvalue weighted by Gasteiger charge is 2.32. The zero-order chi connectivity index (χ0) is 23.4. The topological polar surface area (TPSA) is 76.1 Å². The lowest BCUT2D eigenvalue weighted by Crippen LogP contribution is -2.30. The van der Waals surface area contributed by atoms with Gasteiger partial charge in [-0.2, -0.15) is 0 Å². The minimum absolute atomic E-state index is 0.0321. The lowest BCUT2D eigenvalue weighted by molar-refractivity contribution is -0.137. The Labute approximate surface area is 212 Å². The Hall–Kier alpha value is -1.78. The van der Waals surface area contributed by atoms with E-state index in [1.807, 2.05) is 0 Å². The van der Waals surface area contributed by atoms with Crippen LogP contribution in [0.15, 0.2) is 39.7 Å². The molecule has 0 spiro atoms. The molecule has 32 heavy (non-hydrogen) atoms. The number of hydrogen-bond donors (Lipinski definition) is 1. The Bertz CT molecular complexity index is 1130. The van der Waals surface area contributed by atoms with Gasteiger partial charge in [-0.1, -0.05) is 53.2 Å². The molecule has 1 heterocycles. The summed E-state index contributed by atoms with van der Waals surface area (Å²) in [6.07, 6.45) is 1.50. The van der Waals surface area contributed by atoms with Gasteiger partial charge in [-0.3, -0.25) is 14.5 Å². The van der Waals surface area contributed by atoms with Crippen LogP contribution >= 0.6 is 63.1 Å². The number of carboxylic acids is 1. The Kier molecular flexibility index (Phi) is 8.46. The number of thioether (sulfide) groups is 1. The highest BCUT2D eigenvalue weighted by Crippen LogP contribution is 2.40. The highest BCUT2D eigenvalue weighted by molar-refractivity contribution is 9.10. The van der Waals surface area contributed by atoms with E-state index >= 15 is 0 Å². The largest absolute Gasteiger partial charge is 0.493 e. The van der Waals surface area contributed by atoms with E-state index in [2.05, 4.69) is 15.9 Å². The van der Waals surface area contributed by atoms with E-state index in [1.54, 1.807) is 36.4 Å². The van der Waals surface area contributed by atoms with Gasteiger partial charge < -0.3 is 14.6 Å². The number of methoxy groups -OCH3 is 1. The summed E-state index contributed by atoms with van der Waals surface area (Å²) in [4.78, 5) is 25.1. The standard InChI is InChI=1S/C21H16BrCl2NO5S2/c1-29-16-7-11(8-17-20(28)25(21(31)32-17)5-4-18(26)27)6-14(22)19(16)30-10-12-2-3-13(23)9-15(12)24/h2-3,6-9H,4-5,10H2,1H3,(H,26,27)/b17-8-. The third kappa shape index (κ3) is 5.96. The van der Waals surface area contributed by atoms with Crippen LogP contribution in [-0.4, -0.2) is 39.9 Å². The molecule has 1 aliphatic rings. The first-order valence-corrected chi connectivity index (χ1v) is 11.9. The maximum atomic E-state index is 12.6. The maximum absolute atomic E-state index is 12.6. The normalized spacial score (nSPS) is 14.9. The number of rotatable bonds is 8. The van der Waals surface area contributed by atoms with Gasteiger partial charge in [-0.05, 0) is 51.8 Å². The molecule has 1 aliphatic heterocycles. The SMILES string of the molecule is COc1cc(/C=C2\SC(=S)N(CCC(=O)O)C2=O)cc(Br)c1OCc1ccc(Cl)cc1Cl. The molecule has 0 unspecified atom stereocenters. The third-order valence-corrected chi connectivity index (χ3v) is 6.91. The number of ether oxygens (including phenoxy) is 2. The summed E-state index contributed by atoms with van der Waals surface area (Å²) in [6.45, 7) is 0.233. The zero-order valence-corrected chi connectivity index (χ0v) is 21.3. The number of benzene rings is 2. The predicted molar refractivity (Wildman–Crippen MR) is 134 cm³/mol. The molecule has 0 aromatic heterocycles. The molecule has 0 aliphatic carbocycles. The Morgan fingerprint density at radius 1 is 1.31 bits per heavy atom. The van der Waals surface area contributed by atoms with Crippen molar-refractivity contribution in [1.82, 2.24) is 4.90 Å². The quantitative estimate of drug-likeness (QED) is 0.304. The van der Waals surface area contributed by atoms with Crippen LogP contribution < -0.4 is 9.47 Å². The van der Waals surface area contributed by atoms with E-state index < -0.39 is 5.97 Å². The number of thiocarbonyl (C=S) groups is 1. The second-order valence-corrected chi connectivity index (χ2v) is 9.91. The van der Waals surface area contributed by atoms with Gasteiger partial charge in [0.05, 0.1) is 22.9 Å². The minimum Gasteiger partial charge on any atom is -0.493 e.